The zero-order valence-corrected chi connectivity index (χ0v) is 13.2. The van der Waals surface area contributed by atoms with Crippen LogP contribution in [0.5, 0.6) is 0 Å². The summed E-state index contributed by atoms with van der Waals surface area (Å²) < 4.78 is 13.5. The molecule has 0 spiro atoms. The number of fused-ring (bicyclic) bond motifs is 1. The van der Waals surface area contributed by atoms with Gasteiger partial charge in [-0.1, -0.05) is 25.0 Å². The Morgan fingerprint density at radius 1 is 1.21 bits per heavy atom. The van der Waals surface area contributed by atoms with E-state index in [1.807, 2.05) is 12.1 Å². The fourth-order valence-corrected chi connectivity index (χ4v) is 3.35. The van der Waals surface area contributed by atoms with Gasteiger partial charge in [-0.05, 0) is 36.6 Å². The first kappa shape index (κ1) is 14.9. The van der Waals surface area contributed by atoms with Crippen LogP contribution in [0, 0.1) is 5.82 Å². The standard InChI is InChI=1S/C19H18FN3O/c20-14-5-3-4-12(8-14)13-9-16-17(11-22-18(16)21-10-13)19(24)23-15-6-1-2-7-15/h3-5,8-11,15H,1-2,6-7H2,(H,21,22)(H,23,24). The van der Waals surface area contributed by atoms with Crippen LogP contribution in [0.2, 0.25) is 0 Å². The topological polar surface area (TPSA) is 57.8 Å². The van der Waals surface area contributed by atoms with Gasteiger partial charge in [0.1, 0.15) is 11.5 Å². The smallest absolute Gasteiger partial charge is 0.253 e. The molecule has 122 valence electrons. The van der Waals surface area contributed by atoms with E-state index < -0.39 is 0 Å². The largest absolute Gasteiger partial charge is 0.349 e. The highest BCUT2D eigenvalue weighted by Crippen LogP contribution is 2.26. The zero-order valence-electron chi connectivity index (χ0n) is 13.2. The Hall–Kier alpha value is -2.69. The van der Waals surface area contributed by atoms with Gasteiger partial charge in [-0.2, -0.15) is 0 Å². The van der Waals surface area contributed by atoms with Crippen molar-refractivity contribution in [1.29, 1.82) is 0 Å². The maximum atomic E-state index is 13.5. The number of nitrogens with zero attached hydrogens (tertiary/aromatic N) is 1. The van der Waals surface area contributed by atoms with Crippen LogP contribution in [0.1, 0.15) is 36.0 Å². The molecule has 1 fully saturated rings. The second kappa shape index (κ2) is 6.07. The van der Waals surface area contributed by atoms with Crippen LogP contribution in [0.25, 0.3) is 22.2 Å². The van der Waals surface area contributed by atoms with Crippen LogP contribution in [-0.2, 0) is 0 Å². The molecule has 0 atom stereocenters. The maximum Gasteiger partial charge on any atom is 0.253 e. The third kappa shape index (κ3) is 2.77. The van der Waals surface area contributed by atoms with E-state index in [1.165, 1.54) is 25.0 Å². The number of carbonyl (C=O) groups is 1. The van der Waals surface area contributed by atoms with E-state index in [9.17, 15) is 9.18 Å². The van der Waals surface area contributed by atoms with Gasteiger partial charge in [0.05, 0.1) is 5.56 Å². The van der Waals surface area contributed by atoms with E-state index in [0.29, 0.717) is 11.2 Å². The molecule has 5 heteroatoms. The number of amides is 1. The van der Waals surface area contributed by atoms with Gasteiger partial charge >= 0.3 is 0 Å². The van der Waals surface area contributed by atoms with E-state index in [2.05, 4.69) is 15.3 Å². The monoisotopic (exact) mass is 323 g/mol. The van der Waals surface area contributed by atoms with Gasteiger partial charge < -0.3 is 10.3 Å². The summed E-state index contributed by atoms with van der Waals surface area (Å²) in [6.07, 6.45) is 7.81. The lowest BCUT2D eigenvalue weighted by molar-refractivity contribution is 0.0939. The summed E-state index contributed by atoms with van der Waals surface area (Å²) in [5, 5.41) is 3.85. The molecule has 2 heterocycles. The Balaban J connectivity index is 1.69. The Bertz CT molecular complexity index is 897. The minimum absolute atomic E-state index is 0.0775. The third-order valence-corrected chi connectivity index (χ3v) is 4.62. The second-order valence-corrected chi connectivity index (χ2v) is 6.29. The van der Waals surface area contributed by atoms with Crippen molar-refractivity contribution in [3.05, 3.63) is 54.1 Å². The van der Waals surface area contributed by atoms with E-state index >= 15 is 0 Å². The SMILES string of the molecule is O=C(NC1CCCC1)c1c[nH]c2ncc(-c3cccc(F)c3)cc12. The number of aromatic amines is 1. The van der Waals surface area contributed by atoms with Gasteiger partial charge in [0.15, 0.2) is 0 Å². The van der Waals surface area contributed by atoms with Crippen molar-refractivity contribution < 1.29 is 9.18 Å². The van der Waals surface area contributed by atoms with Crippen molar-refractivity contribution >= 4 is 16.9 Å². The number of hydrogen-bond acceptors (Lipinski definition) is 2. The summed E-state index contributed by atoms with van der Waals surface area (Å²) in [5.74, 6) is -0.368. The van der Waals surface area contributed by atoms with Crippen molar-refractivity contribution in [2.75, 3.05) is 0 Å². The number of nitrogens with one attached hydrogen (secondary N) is 2. The molecule has 1 aliphatic rings. The molecule has 2 N–H and O–H groups in total. The van der Waals surface area contributed by atoms with Crippen LogP contribution >= 0.6 is 0 Å². The number of H-pyrrole nitrogens is 1. The minimum Gasteiger partial charge on any atom is -0.349 e. The molecule has 1 aromatic carbocycles. The number of benzene rings is 1. The first-order chi connectivity index (χ1) is 11.7. The van der Waals surface area contributed by atoms with Gasteiger partial charge in [0.25, 0.3) is 5.91 Å². The van der Waals surface area contributed by atoms with Gasteiger partial charge in [-0.15, -0.1) is 0 Å². The molecule has 1 saturated carbocycles. The van der Waals surface area contributed by atoms with Crippen molar-refractivity contribution in [2.24, 2.45) is 0 Å². The summed E-state index contributed by atoms with van der Waals surface area (Å²) in [4.78, 5) is 20.0. The summed E-state index contributed by atoms with van der Waals surface area (Å²) in [5.41, 5.74) is 2.78. The summed E-state index contributed by atoms with van der Waals surface area (Å²) in [7, 11) is 0. The summed E-state index contributed by atoms with van der Waals surface area (Å²) in [6, 6.07) is 8.52. The molecule has 0 aliphatic heterocycles. The van der Waals surface area contributed by atoms with E-state index in [0.717, 1.165) is 29.4 Å². The summed E-state index contributed by atoms with van der Waals surface area (Å²) in [6.45, 7) is 0. The molecule has 1 aliphatic carbocycles. The van der Waals surface area contributed by atoms with Crippen LogP contribution in [-0.4, -0.2) is 21.9 Å². The first-order valence-corrected chi connectivity index (χ1v) is 8.24. The van der Waals surface area contributed by atoms with Crippen molar-refractivity contribution in [1.82, 2.24) is 15.3 Å². The van der Waals surface area contributed by atoms with Crippen LogP contribution in [0.3, 0.4) is 0 Å². The van der Waals surface area contributed by atoms with E-state index in [4.69, 9.17) is 0 Å². The molecule has 2 aromatic heterocycles. The minimum atomic E-state index is -0.291. The van der Waals surface area contributed by atoms with Crippen molar-refractivity contribution in [3.63, 3.8) is 0 Å². The van der Waals surface area contributed by atoms with Crippen LogP contribution in [0.15, 0.2) is 42.7 Å². The van der Waals surface area contributed by atoms with Crippen LogP contribution < -0.4 is 5.32 Å². The average Bonchev–Trinajstić information content (AvgIpc) is 3.23. The Kier molecular flexibility index (Phi) is 3.76. The number of halogens is 1. The quantitative estimate of drug-likeness (QED) is 0.764. The third-order valence-electron chi connectivity index (χ3n) is 4.62. The van der Waals surface area contributed by atoms with Gasteiger partial charge in [0, 0.05) is 29.4 Å². The normalized spacial score (nSPS) is 15.0. The van der Waals surface area contributed by atoms with Gasteiger partial charge in [-0.25, -0.2) is 9.37 Å². The highest BCUT2D eigenvalue weighted by molar-refractivity contribution is 6.06. The van der Waals surface area contributed by atoms with Gasteiger partial charge in [0.2, 0.25) is 0 Å². The molecule has 1 amide bonds. The van der Waals surface area contributed by atoms with Gasteiger partial charge in [-0.3, -0.25) is 4.79 Å². The molecule has 4 nitrogen and oxygen atoms in total. The molecule has 0 radical (unpaired) electrons. The first-order valence-electron chi connectivity index (χ1n) is 8.24. The number of aromatic nitrogens is 2. The lowest BCUT2D eigenvalue weighted by atomic mass is 10.1. The molecular formula is C19H18FN3O. The Morgan fingerprint density at radius 3 is 2.83 bits per heavy atom. The lowest BCUT2D eigenvalue weighted by Crippen LogP contribution is -2.32. The predicted octanol–water partition coefficient (Wildman–Crippen LogP) is 4.04. The lowest BCUT2D eigenvalue weighted by Gasteiger charge is -2.11. The molecule has 0 saturated heterocycles. The Labute approximate surface area is 139 Å². The highest BCUT2D eigenvalue weighted by Gasteiger charge is 2.20. The number of hydrogen-bond donors (Lipinski definition) is 2. The van der Waals surface area contributed by atoms with Crippen molar-refractivity contribution in [2.45, 2.75) is 31.7 Å². The average molecular weight is 323 g/mol. The summed E-state index contributed by atoms with van der Waals surface area (Å²) >= 11 is 0. The fraction of sp³-hybridized carbons (Fsp3) is 0.263. The zero-order chi connectivity index (χ0) is 16.5. The molecular weight excluding hydrogens is 305 g/mol. The van der Waals surface area contributed by atoms with E-state index in [-0.39, 0.29) is 17.8 Å². The number of rotatable bonds is 3. The predicted molar refractivity (Wildman–Crippen MR) is 91.2 cm³/mol. The fourth-order valence-electron chi connectivity index (χ4n) is 3.35. The number of carbonyl (C=O) groups excluding carboxylic acids is 1. The highest BCUT2D eigenvalue weighted by atomic mass is 19.1. The second-order valence-electron chi connectivity index (χ2n) is 6.29. The van der Waals surface area contributed by atoms with Crippen LogP contribution in [0.4, 0.5) is 4.39 Å². The van der Waals surface area contributed by atoms with E-state index in [1.54, 1.807) is 18.5 Å². The Morgan fingerprint density at radius 2 is 2.04 bits per heavy atom. The molecule has 4 rings (SSSR count). The molecule has 3 aromatic rings. The van der Waals surface area contributed by atoms with Crippen molar-refractivity contribution in [3.8, 4) is 11.1 Å². The molecule has 24 heavy (non-hydrogen) atoms. The number of pyridine rings is 1. The molecule has 0 bridgehead atoms. The maximum absolute atomic E-state index is 13.5. The molecule has 0 unspecified atom stereocenters.